The third kappa shape index (κ3) is 2.85. The van der Waals surface area contributed by atoms with Gasteiger partial charge in [0.2, 0.25) is 0 Å². The number of benzene rings is 1. The first kappa shape index (κ1) is 12.1. The van der Waals surface area contributed by atoms with Crippen molar-refractivity contribution in [2.45, 2.75) is 6.92 Å². The number of amides is 1. The van der Waals surface area contributed by atoms with Gasteiger partial charge < -0.3 is 10.1 Å². The summed E-state index contributed by atoms with van der Waals surface area (Å²) in [7, 11) is 1.57. The van der Waals surface area contributed by atoms with Crippen molar-refractivity contribution in [2.24, 2.45) is 0 Å². The van der Waals surface area contributed by atoms with E-state index in [0.717, 1.165) is 5.69 Å². The predicted octanol–water partition coefficient (Wildman–Crippen LogP) is 2.65. The van der Waals surface area contributed by atoms with Crippen LogP contribution in [0.3, 0.4) is 0 Å². The minimum Gasteiger partial charge on any atom is -0.497 e. The summed E-state index contributed by atoms with van der Waals surface area (Å²) in [6.07, 6.45) is 1.63. The van der Waals surface area contributed by atoms with Crippen LogP contribution in [0.15, 0.2) is 42.6 Å². The highest BCUT2D eigenvalue weighted by molar-refractivity contribution is 6.04. The maximum absolute atomic E-state index is 12.0. The van der Waals surface area contributed by atoms with E-state index >= 15 is 0 Å². The molecule has 0 saturated carbocycles. The number of nitrogens with zero attached hydrogens (tertiary/aromatic N) is 1. The molecule has 0 fully saturated rings. The number of methoxy groups -OCH3 is 1. The SMILES string of the molecule is COc1cccc(C(=O)Nc2ccc(C)nc2)c1. The molecular weight excluding hydrogens is 228 g/mol. The van der Waals surface area contributed by atoms with E-state index in [1.165, 1.54) is 0 Å². The van der Waals surface area contributed by atoms with Crippen LogP contribution in [0.5, 0.6) is 5.75 Å². The minimum absolute atomic E-state index is 0.181. The van der Waals surface area contributed by atoms with Crippen molar-refractivity contribution in [2.75, 3.05) is 12.4 Å². The van der Waals surface area contributed by atoms with Gasteiger partial charge in [0.15, 0.2) is 0 Å². The molecular formula is C14H14N2O2. The minimum atomic E-state index is -0.181. The molecule has 2 rings (SSSR count). The van der Waals surface area contributed by atoms with Crippen LogP contribution in [0.25, 0.3) is 0 Å². The van der Waals surface area contributed by atoms with Gasteiger partial charge in [-0.1, -0.05) is 6.07 Å². The van der Waals surface area contributed by atoms with Crippen molar-refractivity contribution < 1.29 is 9.53 Å². The average molecular weight is 242 g/mol. The molecule has 0 aliphatic carbocycles. The molecule has 92 valence electrons. The van der Waals surface area contributed by atoms with Gasteiger partial charge in [-0.3, -0.25) is 9.78 Å². The molecule has 1 amide bonds. The second kappa shape index (κ2) is 5.31. The summed E-state index contributed by atoms with van der Waals surface area (Å²) < 4.78 is 5.08. The van der Waals surface area contributed by atoms with Gasteiger partial charge in [0.25, 0.3) is 5.91 Å². The van der Waals surface area contributed by atoms with Crippen LogP contribution in [-0.4, -0.2) is 18.0 Å². The zero-order valence-electron chi connectivity index (χ0n) is 10.3. The van der Waals surface area contributed by atoms with Crippen LogP contribution >= 0.6 is 0 Å². The Labute approximate surface area is 106 Å². The lowest BCUT2D eigenvalue weighted by atomic mass is 10.2. The van der Waals surface area contributed by atoms with E-state index in [2.05, 4.69) is 10.3 Å². The van der Waals surface area contributed by atoms with Crippen LogP contribution in [0.2, 0.25) is 0 Å². The number of anilines is 1. The molecule has 0 spiro atoms. The molecule has 0 saturated heterocycles. The number of rotatable bonds is 3. The number of nitrogens with one attached hydrogen (secondary N) is 1. The molecule has 0 unspecified atom stereocenters. The van der Waals surface area contributed by atoms with Gasteiger partial charge in [-0.15, -0.1) is 0 Å². The van der Waals surface area contributed by atoms with E-state index in [1.807, 2.05) is 19.1 Å². The summed E-state index contributed by atoms with van der Waals surface area (Å²) in [5.41, 5.74) is 2.14. The smallest absolute Gasteiger partial charge is 0.255 e. The fourth-order valence-electron chi connectivity index (χ4n) is 1.51. The fourth-order valence-corrected chi connectivity index (χ4v) is 1.51. The van der Waals surface area contributed by atoms with E-state index in [4.69, 9.17) is 4.74 Å². The lowest BCUT2D eigenvalue weighted by Crippen LogP contribution is -2.12. The maximum Gasteiger partial charge on any atom is 0.255 e. The van der Waals surface area contributed by atoms with Crippen molar-refractivity contribution in [3.05, 3.63) is 53.9 Å². The normalized spacial score (nSPS) is 9.89. The molecule has 0 radical (unpaired) electrons. The first-order valence-electron chi connectivity index (χ1n) is 5.57. The quantitative estimate of drug-likeness (QED) is 0.900. The molecule has 18 heavy (non-hydrogen) atoms. The van der Waals surface area contributed by atoms with Gasteiger partial charge in [-0.2, -0.15) is 0 Å². The zero-order valence-corrected chi connectivity index (χ0v) is 10.3. The Morgan fingerprint density at radius 2 is 2.11 bits per heavy atom. The van der Waals surface area contributed by atoms with Crippen molar-refractivity contribution >= 4 is 11.6 Å². The Bertz CT molecular complexity index is 550. The Morgan fingerprint density at radius 3 is 2.78 bits per heavy atom. The zero-order chi connectivity index (χ0) is 13.0. The number of ether oxygens (including phenoxy) is 1. The number of hydrogen-bond donors (Lipinski definition) is 1. The molecule has 0 atom stereocenters. The van der Waals surface area contributed by atoms with Gasteiger partial charge in [-0.25, -0.2) is 0 Å². The van der Waals surface area contributed by atoms with Crippen molar-refractivity contribution in [1.29, 1.82) is 0 Å². The summed E-state index contributed by atoms with van der Waals surface area (Å²) in [5.74, 6) is 0.476. The fraction of sp³-hybridized carbons (Fsp3) is 0.143. The van der Waals surface area contributed by atoms with Gasteiger partial charge in [0.1, 0.15) is 5.75 Å². The summed E-state index contributed by atoms with van der Waals surface area (Å²) in [6, 6.07) is 10.7. The summed E-state index contributed by atoms with van der Waals surface area (Å²) in [5, 5.41) is 2.78. The van der Waals surface area contributed by atoms with Gasteiger partial charge in [0.05, 0.1) is 19.0 Å². The molecule has 1 aromatic carbocycles. The highest BCUT2D eigenvalue weighted by atomic mass is 16.5. The lowest BCUT2D eigenvalue weighted by Gasteiger charge is -2.06. The number of pyridine rings is 1. The maximum atomic E-state index is 12.0. The molecule has 1 N–H and O–H groups in total. The first-order valence-corrected chi connectivity index (χ1v) is 5.57. The van der Waals surface area contributed by atoms with Crippen LogP contribution < -0.4 is 10.1 Å². The van der Waals surface area contributed by atoms with Crippen LogP contribution in [-0.2, 0) is 0 Å². The van der Waals surface area contributed by atoms with Gasteiger partial charge >= 0.3 is 0 Å². The molecule has 2 aromatic rings. The highest BCUT2D eigenvalue weighted by Crippen LogP contribution is 2.14. The topological polar surface area (TPSA) is 51.2 Å². The lowest BCUT2D eigenvalue weighted by molar-refractivity contribution is 0.102. The Morgan fingerprint density at radius 1 is 1.28 bits per heavy atom. The van der Waals surface area contributed by atoms with E-state index in [0.29, 0.717) is 17.0 Å². The Balaban J connectivity index is 2.14. The summed E-state index contributed by atoms with van der Waals surface area (Å²) in [4.78, 5) is 16.1. The molecule has 1 aromatic heterocycles. The largest absolute Gasteiger partial charge is 0.497 e. The number of carbonyl (C=O) groups excluding carboxylic acids is 1. The average Bonchev–Trinajstić information content (AvgIpc) is 2.41. The standard InChI is InChI=1S/C14H14N2O2/c1-10-6-7-12(9-15-10)16-14(17)11-4-3-5-13(8-11)18-2/h3-9H,1-2H3,(H,16,17). The monoisotopic (exact) mass is 242 g/mol. The van der Waals surface area contributed by atoms with Crippen molar-refractivity contribution in [3.8, 4) is 5.75 Å². The van der Waals surface area contributed by atoms with Crippen LogP contribution in [0, 0.1) is 6.92 Å². The third-order valence-corrected chi connectivity index (χ3v) is 2.50. The van der Waals surface area contributed by atoms with E-state index in [-0.39, 0.29) is 5.91 Å². The number of carbonyl (C=O) groups is 1. The summed E-state index contributed by atoms with van der Waals surface area (Å²) in [6.45, 7) is 1.90. The molecule has 4 nitrogen and oxygen atoms in total. The Kier molecular flexibility index (Phi) is 3.57. The Hall–Kier alpha value is -2.36. The number of aromatic nitrogens is 1. The summed E-state index contributed by atoms with van der Waals surface area (Å²) >= 11 is 0. The van der Waals surface area contributed by atoms with Crippen molar-refractivity contribution in [1.82, 2.24) is 4.98 Å². The molecule has 0 aliphatic heterocycles. The predicted molar refractivity (Wildman–Crippen MR) is 69.9 cm³/mol. The molecule has 4 heteroatoms. The second-order valence-electron chi connectivity index (χ2n) is 3.87. The van der Waals surface area contributed by atoms with E-state index in [9.17, 15) is 4.79 Å². The molecule has 1 heterocycles. The third-order valence-electron chi connectivity index (χ3n) is 2.50. The molecule has 0 bridgehead atoms. The first-order chi connectivity index (χ1) is 8.69. The van der Waals surface area contributed by atoms with E-state index < -0.39 is 0 Å². The number of aryl methyl sites for hydroxylation is 1. The highest BCUT2D eigenvalue weighted by Gasteiger charge is 2.06. The van der Waals surface area contributed by atoms with E-state index in [1.54, 1.807) is 37.6 Å². The van der Waals surface area contributed by atoms with Gasteiger partial charge in [0, 0.05) is 11.3 Å². The van der Waals surface area contributed by atoms with Crippen LogP contribution in [0.4, 0.5) is 5.69 Å². The number of hydrogen-bond acceptors (Lipinski definition) is 3. The molecule has 0 aliphatic rings. The van der Waals surface area contributed by atoms with Gasteiger partial charge in [-0.05, 0) is 37.3 Å². The second-order valence-corrected chi connectivity index (χ2v) is 3.87. The van der Waals surface area contributed by atoms with Crippen molar-refractivity contribution in [3.63, 3.8) is 0 Å². The van der Waals surface area contributed by atoms with Crippen LogP contribution in [0.1, 0.15) is 16.1 Å².